The third-order valence-corrected chi connectivity index (χ3v) is 5.01. The molecule has 0 saturated heterocycles. The molecule has 0 fully saturated rings. The van der Waals surface area contributed by atoms with Crippen molar-refractivity contribution in [1.82, 2.24) is 9.97 Å². The quantitative estimate of drug-likeness (QED) is 0.686. The predicted octanol–water partition coefficient (Wildman–Crippen LogP) is 4.90. The number of hydrogen-bond acceptors (Lipinski definition) is 4. The van der Waals surface area contributed by atoms with Gasteiger partial charge in [0.05, 0.1) is 5.56 Å². The molecule has 27 heavy (non-hydrogen) atoms. The first kappa shape index (κ1) is 19.1. The average Bonchev–Trinajstić information content (AvgIpc) is 2.71. The van der Waals surface area contributed by atoms with Gasteiger partial charge in [-0.05, 0) is 56.6 Å². The Labute approximate surface area is 161 Å². The maximum atomic E-state index is 12.5. The van der Waals surface area contributed by atoms with E-state index in [4.69, 9.17) is 0 Å². The fourth-order valence-corrected chi connectivity index (χ4v) is 3.39. The summed E-state index contributed by atoms with van der Waals surface area (Å²) < 4.78 is 0. The number of aromatic nitrogens is 2. The van der Waals surface area contributed by atoms with Crippen LogP contribution in [0.2, 0.25) is 0 Å². The van der Waals surface area contributed by atoms with E-state index in [2.05, 4.69) is 33.6 Å². The van der Waals surface area contributed by atoms with Gasteiger partial charge >= 0.3 is 0 Å². The highest BCUT2D eigenvalue weighted by atomic mass is 16.1. The van der Waals surface area contributed by atoms with Gasteiger partial charge in [-0.1, -0.05) is 36.8 Å². The topological polar surface area (TPSA) is 66.9 Å². The maximum absolute atomic E-state index is 12.5. The van der Waals surface area contributed by atoms with Crippen LogP contribution in [0.25, 0.3) is 0 Å². The van der Waals surface area contributed by atoms with Gasteiger partial charge in [0.2, 0.25) is 5.95 Å². The first-order chi connectivity index (χ1) is 13.2. The minimum absolute atomic E-state index is 0.182. The van der Waals surface area contributed by atoms with Crippen molar-refractivity contribution < 1.29 is 4.79 Å². The first-order valence-electron chi connectivity index (χ1n) is 9.81. The van der Waals surface area contributed by atoms with E-state index in [0.717, 1.165) is 36.2 Å². The number of rotatable bonds is 7. The van der Waals surface area contributed by atoms with Gasteiger partial charge < -0.3 is 10.6 Å². The summed E-state index contributed by atoms with van der Waals surface area (Å²) in [5.74, 6) is 0.381. The van der Waals surface area contributed by atoms with E-state index < -0.39 is 0 Å². The maximum Gasteiger partial charge on any atom is 0.258 e. The molecule has 1 aromatic heterocycles. The normalized spacial score (nSPS) is 13.8. The number of nitrogens with one attached hydrogen (secondary N) is 2. The van der Waals surface area contributed by atoms with Gasteiger partial charge in [-0.25, -0.2) is 9.97 Å². The number of carbonyl (C=O) groups is 1. The number of amides is 1. The zero-order chi connectivity index (χ0) is 19.1. The largest absolute Gasteiger partial charge is 0.354 e. The van der Waals surface area contributed by atoms with Crippen LogP contribution in [-0.2, 0) is 6.42 Å². The molecule has 1 aliphatic carbocycles. The van der Waals surface area contributed by atoms with Crippen molar-refractivity contribution in [3.8, 4) is 0 Å². The Hall–Kier alpha value is -2.69. The molecule has 5 heteroatoms. The van der Waals surface area contributed by atoms with Gasteiger partial charge in [0.1, 0.15) is 0 Å². The van der Waals surface area contributed by atoms with E-state index >= 15 is 0 Å². The summed E-state index contributed by atoms with van der Waals surface area (Å²) >= 11 is 0. The number of anilines is 2. The van der Waals surface area contributed by atoms with Crippen LogP contribution < -0.4 is 10.6 Å². The molecule has 5 nitrogen and oxygen atoms in total. The molecular formula is C22H28N4O. The molecule has 1 amide bonds. The van der Waals surface area contributed by atoms with Crippen molar-refractivity contribution in [1.29, 1.82) is 0 Å². The molecule has 142 valence electrons. The van der Waals surface area contributed by atoms with Crippen molar-refractivity contribution in [2.24, 2.45) is 0 Å². The molecule has 1 aliphatic rings. The minimum Gasteiger partial charge on any atom is -0.354 e. The SMILES string of the molecule is CCc1cccc(C)c1NC(=O)c1cnc(NCCC2=CCCCC2)nc1. The number of aryl methyl sites for hydroxylation is 2. The van der Waals surface area contributed by atoms with E-state index in [-0.39, 0.29) is 5.91 Å². The third kappa shape index (κ3) is 5.16. The molecule has 0 unspecified atom stereocenters. The van der Waals surface area contributed by atoms with Crippen LogP contribution in [0.3, 0.4) is 0 Å². The Balaban J connectivity index is 1.56. The fraction of sp³-hybridized carbons (Fsp3) is 0.409. The highest BCUT2D eigenvalue weighted by molar-refractivity contribution is 6.04. The standard InChI is InChI=1S/C22H28N4O/c1-3-18-11-7-8-16(2)20(18)26-21(27)19-14-24-22(25-15-19)23-13-12-17-9-5-4-6-10-17/h7-9,11,14-15H,3-6,10,12-13H2,1-2H3,(H,26,27)(H,23,24,25). The Morgan fingerprint density at radius 2 is 2.00 bits per heavy atom. The van der Waals surface area contributed by atoms with E-state index in [1.807, 2.05) is 25.1 Å². The highest BCUT2D eigenvalue weighted by Crippen LogP contribution is 2.22. The monoisotopic (exact) mass is 364 g/mol. The molecule has 1 aromatic carbocycles. The number of hydrogen-bond donors (Lipinski definition) is 2. The van der Waals surface area contributed by atoms with Crippen molar-refractivity contribution >= 4 is 17.5 Å². The Morgan fingerprint density at radius 1 is 1.19 bits per heavy atom. The smallest absolute Gasteiger partial charge is 0.258 e. The van der Waals surface area contributed by atoms with E-state index in [1.54, 1.807) is 12.4 Å². The van der Waals surface area contributed by atoms with Gasteiger partial charge in [0, 0.05) is 24.6 Å². The number of nitrogens with zero attached hydrogens (tertiary/aromatic N) is 2. The summed E-state index contributed by atoms with van der Waals surface area (Å²) in [4.78, 5) is 21.1. The van der Waals surface area contributed by atoms with Crippen molar-refractivity contribution in [3.05, 3.63) is 58.9 Å². The van der Waals surface area contributed by atoms with Crippen molar-refractivity contribution in [2.75, 3.05) is 17.2 Å². The second-order valence-corrected chi connectivity index (χ2v) is 7.00. The molecule has 3 rings (SSSR count). The minimum atomic E-state index is -0.182. The summed E-state index contributed by atoms with van der Waals surface area (Å²) in [6.07, 6.45) is 12.4. The summed E-state index contributed by atoms with van der Waals surface area (Å²) in [7, 11) is 0. The Morgan fingerprint density at radius 3 is 2.70 bits per heavy atom. The molecule has 0 spiro atoms. The summed E-state index contributed by atoms with van der Waals surface area (Å²) in [5, 5.41) is 6.25. The van der Waals surface area contributed by atoms with E-state index in [1.165, 1.54) is 31.3 Å². The Kier molecular flexibility index (Phi) is 6.58. The van der Waals surface area contributed by atoms with Gasteiger partial charge in [-0.2, -0.15) is 0 Å². The molecule has 0 aliphatic heterocycles. The van der Waals surface area contributed by atoms with E-state index in [9.17, 15) is 4.79 Å². The zero-order valence-corrected chi connectivity index (χ0v) is 16.2. The van der Waals surface area contributed by atoms with Crippen LogP contribution in [0, 0.1) is 6.92 Å². The number of allylic oxidation sites excluding steroid dienone is 1. The molecule has 2 N–H and O–H groups in total. The van der Waals surface area contributed by atoms with Crippen LogP contribution in [-0.4, -0.2) is 22.4 Å². The number of para-hydroxylation sites is 1. The van der Waals surface area contributed by atoms with Crippen LogP contribution in [0.5, 0.6) is 0 Å². The van der Waals surface area contributed by atoms with Crippen LogP contribution in [0.15, 0.2) is 42.2 Å². The summed E-state index contributed by atoms with van der Waals surface area (Å²) in [5.41, 5.74) is 5.04. The summed E-state index contributed by atoms with van der Waals surface area (Å²) in [6.45, 7) is 4.90. The van der Waals surface area contributed by atoms with Crippen LogP contribution in [0.1, 0.15) is 60.5 Å². The molecule has 1 heterocycles. The van der Waals surface area contributed by atoms with Crippen LogP contribution >= 0.6 is 0 Å². The molecule has 2 aromatic rings. The average molecular weight is 364 g/mol. The van der Waals surface area contributed by atoms with Gasteiger partial charge in [-0.15, -0.1) is 0 Å². The lowest BCUT2D eigenvalue weighted by molar-refractivity contribution is 0.102. The van der Waals surface area contributed by atoms with Crippen molar-refractivity contribution in [3.63, 3.8) is 0 Å². The van der Waals surface area contributed by atoms with Gasteiger partial charge in [-0.3, -0.25) is 4.79 Å². The lowest BCUT2D eigenvalue weighted by Gasteiger charge is -2.13. The number of benzene rings is 1. The molecule has 0 bridgehead atoms. The van der Waals surface area contributed by atoms with Gasteiger partial charge in [0.15, 0.2) is 0 Å². The molecule has 0 saturated carbocycles. The zero-order valence-electron chi connectivity index (χ0n) is 16.2. The van der Waals surface area contributed by atoms with Gasteiger partial charge in [0.25, 0.3) is 5.91 Å². The number of carbonyl (C=O) groups excluding carboxylic acids is 1. The lowest BCUT2D eigenvalue weighted by Crippen LogP contribution is -2.15. The lowest BCUT2D eigenvalue weighted by atomic mass is 9.97. The van der Waals surface area contributed by atoms with E-state index in [0.29, 0.717) is 11.5 Å². The Bertz CT molecular complexity index is 812. The van der Waals surface area contributed by atoms with Crippen molar-refractivity contribution in [2.45, 2.75) is 52.4 Å². The highest BCUT2D eigenvalue weighted by Gasteiger charge is 2.12. The fourth-order valence-electron chi connectivity index (χ4n) is 3.39. The second-order valence-electron chi connectivity index (χ2n) is 7.00. The summed E-state index contributed by atoms with van der Waals surface area (Å²) in [6, 6.07) is 6.05. The molecular weight excluding hydrogens is 336 g/mol. The van der Waals surface area contributed by atoms with Crippen LogP contribution in [0.4, 0.5) is 11.6 Å². The first-order valence-corrected chi connectivity index (χ1v) is 9.81. The predicted molar refractivity (Wildman–Crippen MR) is 110 cm³/mol. The third-order valence-electron chi connectivity index (χ3n) is 5.01. The molecule has 0 radical (unpaired) electrons. The second kappa shape index (κ2) is 9.31. The molecule has 0 atom stereocenters.